The molecule has 0 fully saturated rings. The van der Waals surface area contributed by atoms with Crippen molar-refractivity contribution in [2.75, 3.05) is 13.7 Å². The number of furan rings is 1. The number of nitrogens with one attached hydrogen (secondary N) is 1. The fourth-order valence-corrected chi connectivity index (χ4v) is 4.53. The van der Waals surface area contributed by atoms with E-state index in [-0.39, 0.29) is 30.5 Å². The lowest BCUT2D eigenvalue weighted by atomic mass is 9.96. The molecule has 4 heterocycles. The second kappa shape index (κ2) is 8.63. The Balaban J connectivity index is 1.44. The molecule has 5 rings (SSSR count). The van der Waals surface area contributed by atoms with Crippen molar-refractivity contribution in [1.29, 1.82) is 0 Å². The molecule has 1 aromatic carbocycles. The summed E-state index contributed by atoms with van der Waals surface area (Å²) in [6.45, 7) is 1.11. The number of benzene rings is 1. The number of nitrogens with zero attached hydrogens (tertiary/aromatic N) is 1. The second-order valence-corrected chi connectivity index (χ2v) is 8.19. The minimum absolute atomic E-state index is 0.00107. The number of H-pyrrole nitrogens is 1. The van der Waals surface area contributed by atoms with Gasteiger partial charge in [-0.1, -0.05) is 18.2 Å². The van der Waals surface area contributed by atoms with Gasteiger partial charge in [0.05, 0.1) is 18.7 Å². The molecule has 0 saturated carbocycles. The molecule has 0 bridgehead atoms. The van der Waals surface area contributed by atoms with Gasteiger partial charge in [0.15, 0.2) is 5.76 Å². The fourth-order valence-electron chi connectivity index (χ4n) is 4.53. The van der Waals surface area contributed by atoms with E-state index in [1.54, 1.807) is 17.0 Å². The number of rotatable bonds is 6. The summed E-state index contributed by atoms with van der Waals surface area (Å²) < 4.78 is 16.4. The number of hydrogen-bond acceptors (Lipinski definition) is 6. The van der Waals surface area contributed by atoms with E-state index < -0.39 is 17.1 Å². The molecule has 33 heavy (non-hydrogen) atoms. The molecule has 1 amide bonds. The van der Waals surface area contributed by atoms with Crippen molar-refractivity contribution in [2.24, 2.45) is 0 Å². The zero-order chi connectivity index (χ0) is 22.9. The first-order valence-electron chi connectivity index (χ1n) is 10.8. The number of para-hydroxylation sites is 1. The molecule has 0 spiro atoms. The Morgan fingerprint density at radius 1 is 1.27 bits per heavy atom. The molecule has 1 aliphatic rings. The summed E-state index contributed by atoms with van der Waals surface area (Å²) in [5.74, 6) is -0.706. The number of carbonyl (C=O) groups excluding carboxylic acids is 1. The highest BCUT2D eigenvalue weighted by molar-refractivity contribution is 5.85. The van der Waals surface area contributed by atoms with Gasteiger partial charge in [0.2, 0.25) is 17.1 Å². The molecule has 4 aromatic rings. The monoisotopic (exact) mass is 448 g/mol. The van der Waals surface area contributed by atoms with Crippen LogP contribution < -0.4 is 5.43 Å². The van der Waals surface area contributed by atoms with E-state index in [0.29, 0.717) is 18.8 Å². The summed E-state index contributed by atoms with van der Waals surface area (Å²) in [4.78, 5) is 30.9. The Bertz CT molecular complexity index is 1350. The van der Waals surface area contributed by atoms with E-state index in [1.807, 2.05) is 18.2 Å². The maximum absolute atomic E-state index is 13.4. The van der Waals surface area contributed by atoms with E-state index in [1.165, 1.54) is 30.4 Å². The molecular weight excluding hydrogens is 424 g/mol. The number of hydrogen-bond donors (Lipinski definition) is 2. The van der Waals surface area contributed by atoms with E-state index in [9.17, 15) is 14.7 Å². The SMILES string of the molecule is COCc1cc(=O)c(O)c([C@H](CC(=O)N2CCc3c([nH]c4ccccc34)C2)c2ccco2)o1. The van der Waals surface area contributed by atoms with Crippen molar-refractivity contribution in [3.8, 4) is 5.75 Å². The highest BCUT2D eigenvalue weighted by Crippen LogP contribution is 2.35. The van der Waals surface area contributed by atoms with E-state index >= 15 is 0 Å². The van der Waals surface area contributed by atoms with Gasteiger partial charge in [0.25, 0.3) is 0 Å². The van der Waals surface area contributed by atoms with Gasteiger partial charge < -0.3 is 28.6 Å². The van der Waals surface area contributed by atoms with Crippen LogP contribution in [0.5, 0.6) is 5.75 Å². The van der Waals surface area contributed by atoms with Gasteiger partial charge in [0, 0.05) is 42.7 Å². The van der Waals surface area contributed by atoms with Gasteiger partial charge >= 0.3 is 0 Å². The van der Waals surface area contributed by atoms with E-state index in [2.05, 4.69) is 11.1 Å². The predicted molar refractivity (Wildman–Crippen MR) is 120 cm³/mol. The van der Waals surface area contributed by atoms with Crippen LogP contribution in [0.25, 0.3) is 10.9 Å². The number of fused-ring (bicyclic) bond motifs is 3. The molecule has 1 aliphatic heterocycles. The molecular formula is C25H24N2O6. The van der Waals surface area contributed by atoms with Gasteiger partial charge in [-0.3, -0.25) is 9.59 Å². The maximum Gasteiger partial charge on any atom is 0.227 e. The van der Waals surface area contributed by atoms with Crippen LogP contribution >= 0.6 is 0 Å². The van der Waals surface area contributed by atoms with Gasteiger partial charge in [-0.15, -0.1) is 0 Å². The van der Waals surface area contributed by atoms with Gasteiger partial charge in [-0.2, -0.15) is 0 Å². The molecule has 1 atom stereocenters. The minimum atomic E-state index is -0.749. The number of amides is 1. The van der Waals surface area contributed by atoms with Gasteiger partial charge in [-0.05, 0) is 30.2 Å². The minimum Gasteiger partial charge on any atom is -0.502 e. The highest BCUT2D eigenvalue weighted by atomic mass is 16.5. The molecule has 170 valence electrons. The number of aromatic hydroxyl groups is 1. The number of aromatic nitrogens is 1. The summed E-state index contributed by atoms with van der Waals surface area (Å²) in [5.41, 5.74) is 2.75. The van der Waals surface area contributed by atoms with Crippen LogP contribution in [0.3, 0.4) is 0 Å². The van der Waals surface area contributed by atoms with Crippen molar-refractivity contribution in [2.45, 2.75) is 31.9 Å². The standard InChI is InChI=1S/C25H24N2O6/c1-31-14-15-11-21(28)24(30)25(33-15)18(22-7-4-10-32-22)12-23(29)27-9-8-17-16-5-2-3-6-19(16)26-20(17)13-27/h2-7,10-11,18,26,30H,8-9,12-14H2,1H3/t18-/m1/s1. The van der Waals surface area contributed by atoms with Gasteiger partial charge in [0.1, 0.15) is 18.1 Å². The largest absolute Gasteiger partial charge is 0.502 e. The molecule has 0 aliphatic carbocycles. The number of carbonyl (C=O) groups is 1. The lowest BCUT2D eigenvalue weighted by Crippen LogP contribution is -2.36. The van der Waals surface area contributed by atoms with Crippen LogP contribution in [0, 0.1) is 0 Å². The Hall–Kier alpha value is -3.78. The smallest absolute Gasteiger partial charge is 0.227 e. The van der Waals surface area contributed by atoms with Crippen molar-refractivity contribution in [3.63, 3.8) is 0 Å². The Kier molecular flexibility index (Phi) is 5.51. The van der Waals surface area contributed by atoms with Crippen LogP contribution in [0.2, 0.25) is 0 Å². The summed E-state index contributed by atoms with van der Waals surface area (Å²) in [7, 11) is 1.48. The topological polar surface area (TPSA) is 109 Å². The Labute approximate surface area is 189 Å². The molecule has 2 N–H and O–H groups in total. The van der Waals surface area contributed by atoms with E-state index in [4.69, 9.17) is 13.6 Å². The molecule has 8 heteroatoms. The van der Waals surface area contributed by atoms with Crippen molar-refractivity contribution in [3.05, 3.63) is 87.5 Å². The lowest BCUT2D eigenvalue weighted by molar-refractivity contribution is -0.132. The molecule has 0 unspecified atom stereocenters. The summed E-state index contributed by atoms with van der Waals surface area (Å²) in [5, 5.41) is 11.7. The highest BCUT2D eigenvalue weighted by Gasteiger charge is 2.31. The third kappa shape index (κ3) is 3.93. The van der Waals surface area contributed by atoms with Crippen molar-refractivity contribution < 1.29 is 23.5 Å². The fraction of sp³-hybridized carbons (Fsp3) is 0.280. The number of aromatic amines is 1. The zero-order valence-electron chi connectivity index (χ0n) is 18.2. The third-order valence-corrected chi connectivity index (χ3v) is 6.10. The second-order valence-electron chi connectivity index (χ2n) is 8.19. The Morgan fingerprint density at radius 3 is 2.91 bits per heavy atom. The van der Waals surface area contributed by atoms with Crippen molar-refractivity contribution in [1.82, 2.24) is 9.88 Å². The first-order chi connectivity index (χ1) is 16.0. The third-order valence-electron chi connectivity index (χ3n) is 6.10. The summed E-state index contributed by atoms with van der Waals surface area (Å²) in [6, 6.07) is 12.7. The van der Waals surface area contributed by atoms with Crippen LogP contribution in [-0.2, 0) is 29.1 Å². The predicted octanol–water partition coefficient (Wildman–Crippen LogP) is 3.67. The number of ether oxygens (including phenoxy) is 1. The average Bonchev–Trinajstić information content (AvgIpc) is 3.47. The Morgan fingerprint density at radius 2 is 2.12 bits per heavy atom. The van der Waals surface area contributed by atoms with Crippen LogP contribution in [0.15, 0.2) is 62.4 Å². The van der Waals surface area contributed by atoms with E-state index in [0.717, 1.165) is 17.6 Å². The maximum atomic E-state index is 13.4. The number of methoxy groups -OCH3 is 1. The lowest BCUT2D eigenvalue weighted by Gasteiger charge is -2.28. The van der Waals surface area contributed by atoms with Crippen LogP contribution in [0.1, 0.15) is 40.9 Å². The zero-order valence-corrected chi connectivity index (χ0v) is 18.2. The first kappa shape index (κ1) is 21.1. The average molecular weight is 448 g/mol. The first-order valence-corrected chi connectivity index (χ1v) is 10.8. The van der Waals surface area contributed by atoms with Crippen molar-refractivity contribution >= 4 is 16.8 Å². The molecule has 3 aromatic heterocycles. The summed E-state index contributed by atoms with van der Waals surface area (Å²) in [6.07, 6.45) is 2.22. The van der Waals surface area contributed by atoms with Crippen LogP contribution in [0.4, 0.5) is 0 Å². The van der Waals surface area contributed by atoms with Gasteiger partial charge in [-0.25, -0.2) is 0 Å². The molecule has 0 saturated heterocycles. The quantitative estimate of drug-likeness (QED) is 0.466. The molecule has 0 radical (unpaired) electrons. The summed E-state index contributed by atoms with van der Waals surface area (Å²) >= 11 is 0. The normalized spacial score (nSPS) is 14.4. The molecule has 8 nitrogen and oxygen atoms in total. The van der Waals surface area contributed by atoms with Crippen LogP contribution in [-0.4, -0.2) is 34.6 Å².